The van der Waals surface area contributed by atoms with Gasteiger partial charge in [0.05, 0.1) is 17.1 Å². The Hall–Kier alpha value is -3.64. The number of benzene rings is 3. The summed E-state index contributed by atoms with van der Waals surface area (Å²) in [7, 11) is 0. The van der Waals surface area contributed by atoms with Crippen LogP contribution in [0, 0.1) is 0 Å². The van der Waals surface area contributed by atoms with Crippen molar-refractivity contribution in [3.8, 4) is 11.6 Å². The molecule has 0 saturated carbocycles. The monoisotopic (exact) mass is 419 g/mol. The summed E-state index contributed by atoms with van der Waals surface area (Å²) in [4.78, 5) is 12.3. The van der Waals surface area contributed by atoms with Crippen LogP contribution in [0.5, 0.6) is 11.6 Å². The van der Waals surface area contributed by atoms with Gasteiger partial charge in [-0.15, -0.1) is 10.2 Å². The lowest BCUT2D eigenvalue weighted by atomic mass is 10.2. The topological polar surface area (TPSA) is 76.2 Å². The first-order chi connectivity index (χ1) is 14.6. The van der Waals surface area contributed by atoms with Gasteiger partial charge >= 0.3 is 0 Å². The SMILES string of the molecule is O=C(N=Nc1c(O)n(CCOc2ccccc2Cl)c2ccccc12)c1ccccc1. The zero-order valence-electron chi connectivity index (χ0n) is 15.9. The Balaban J connectivity index is 1.59. The quantitative estimate of drug-likeness (QED) is 0.389. The van der Waals surface area contributed by atoms with Gasteiger partial charge in [0, 0.05) is 10.9 Å². The predicted octanol–water partition coefficient (Wildman–Crippen LogP) is 6.00. The molecule has 30 heavy (non-hydrogen) atoms. The molecule has 0 atom stereocenters. The van der Waals surface area contributed by atoms with E-state index in [4.69, 9.17) is 16.3 Å². The van der Waals surface area contributed by atoms with Crippen LogP contribution >= 0.6 is 11.6 Å². The highest BCUT2D eigenvalue weighted by Crippen LogP contribution is 2.38. The normalized spacial score (nSPS) is 11.2. The van der Waals surface area contributed by atoms with Crippen molar-refractivity contribution in [2.75, 3.05) is 6.61 Å². The number of azo groups is 1. The first-order valence-electron chi connectivity index (χ1n) is 9.34. The highest BCUT2D eigenvalue weighted by molar-refractivity contribution is 6.32. The first kappa shape index (κ1) is 19.7. The Kier molecular flexibility index (Phi) is 5.77. The Labute approximate surface area is 178 Å². The fraction of sp³-hybridized carbons (Fsp3) is 0.0870. The largest absolute Gasteiger partial charge is 0.493 e. The van der Waals surface area contributed by atoms with Gasteiger partial charge in [-0.05, 0) is 30.3 Å². The van der Waals surface area contributed by atoms with E-state index in [1.807, 2.05) is 42.5 Å². The number of ether oxygens (including phenoxy) is 1. The molecule has 6 nitrogen and oxygen atoms in total. The molecule has 0 fully saturated rings. The maximum atomic E-state index is 12.3. The van der Waals surface area contributed by atoms with Crippen LogP contribution in [0.3, 0.4) is 0 Å². The standard InChI is InChI=1S/C23H18ClN3O3/c24-18-11-5-7-13-20(18)30-15-14-27-19-12-6-4-10-17(19)21(23(27)29)25-26-22(28)16-8-2-1-3-9-16/h1-13,29H,14-15H2. The number of aromatic hydroxyl groups is 1. The highest BCUT2D eigenvalue weighted by atomic mass is 35.5. The van der Waals surface area contributed by atoms with Crippen LogP contribution < -0.4 is 4.74 Å². The van der Waals surface area contributed by atoms with Gasteiger partial charge in [0.2, 0.25) is 5.88 Å². The van der Waals surface area contributed by atoms with Gasteiger partial charge < -0.3 is 14.4 Å². The summed E-state index contributed by atoms with van der Waals surface area (Å²) in [6.07, 6.45) is 0. The van der Waals surface area contributed by atoms with Crippen molar-refractivity contribution in [2.24, 2.45) is 10.2 Å². The maximum Gasteiger partial charge on any atom is 0.295 e. The van der Waals surface area contributed by atoms with Crippen molar-refractivity contribution in [3.63, 3.8) is 0 Å². The molecule has 0 saturated heterocycles. The number of hydrogen-bond acceptors (Lipinski definition) is 4. The average molecular weight is 420 g/mol. The molecule has 4 aromatic rings. The van der Waals surface area contributed by atoms with Crippen LogP contribution in [0.15, 0.2) is 89.1 Å². The summed E-state index contributed by atoms with van der Waals surface area (Å²) >= 11 is 6.12. The molecule has 1 N–H and O–H groups in total. The summed E-state index contributed by atoms with van der Waals surface area (Å²) in [5.74, 6) is 0.0148. The summed E-state index contributed by atoms with van der Waals surface area (Å²) in [6.45, 7) is 0.648. The van der Waals surface area contributed by atoms with E-state index in [9.17, 15) is 9.90 Å². The number of rotatable bonds is 6. The third-order valence-electron chi connectivity index (χ3n) is 4.59. The molecule has 1 aromatic heterocycles. The van der Waals surface area contributed by atoms with Crippen molar-refractivity contribution < 1.29 is 14.6 Å². The van der Waals surface area contributed by atoms with Crippen LogP contribution in [0.4, 0.5) is 5.69 Å². The van der Waals surface area contributed by atoms with Crippen molar-refractivity contribution >= 4 is 34.1 Å². The molecule has 1 amide bonds. The number of hydrogen-bond donors (Lipinski definition) is 1. The van der Waals surface area contributed by atoms with Gasteiger partial charge in [0.25, 0.3) is 5.91 Å². The van der Waals surface area contributed by atoms with Gasteiger partial charge in [-0.3, -0.25) is 4.79 Å². The van der Waals surface area contributed by atoms with Crippen LogP contribution in [0.1, 0.15) is 10.4 Å². The van der Waals surface area contributed by atoms with E-state index in [2.05, 4.69) is 10.2 Å². The molecule has 0 aliphatic carbocycles. The summed E-state index contributed by atoms with van der Waals surface area (Å²) in [6, 6.07) is 23.2. The number of aromatic nitrogens is 1. The van der Waals surface area contributed by atoms with E-state index >= 15 is 0 Å². The molecule has 4 rings (SSSR count). The first-order valence-corrected chi connectivity index (χ1v) is 9.71. The smallest absolute Gasteiger partial charge is 0.295 e. The van der Waals surface area contributed by atoms with E-state index in [0.717, 1.165) is 5.52 Å². The molecule has 0 radical (unpaired) electrons. The molecule has 1 heterocycles. The molecule has 0 unspecified atom stereocenters. The van der Waals surface area contributed by atoms with Crippen molar-refractivity contribution in [1.29, 1.82) is 0 Å². The number of amides is 1. The maximum absolute atomic E-state index is 12.3. The predicted molar refractivity (Wildman–Crippen MR) is 116 cm³/mol. The van der Waals surface area contributed by atoms with Gasteiger partial charge in [-0.2, -0.15) is 0 Å². The van der Waals surface area contributed by atoms with E-state index in [1.165, 1.54) is 0 Å². The lowest BCUT2D eigenvalue weighted by Gasteiger charge is -2.10. The number of carbonyl (C=O) groups is 1. The molecule has 150 valence electrons. The van der Waals surface area contributed by atoms with E-state index in [1.54, 1.807) is 41.0 Å². The summed E-state index contributed by atoms with van der Waals surface area (Å²) in [5.41, 5.74) is 1.43. The Morgan fingerprint density at radius 3 is 2.47 bits per heavy atom. The number of halogens is 1. The van der Waals surface area contributed by atoms with Gasteiger partial charge in [0.15, 0.2) is 5.69 Å². The van der Waals surface area contributed by atoms with Crippen molar-refractivity contribution in [2.45, 2.75) is 6.54 Å². The van der Waals surface area contributed by atoms with Gasteiger partial charge in [0.1, 0.15) is 12.4 Å². The van der Waals surface area contributed by atoms with E-state index < -0.39 is 5.91 Å². The fourth-order valence-electron chi connectivity index (χ4n) is 3.14. The van der Waals surface area contributed by atoms with Crippen LogP contribution in [-0.4, -0.2) is 22.2 Å². The number of nitrogens with zero attached hydrogens (tertiary/aromatic N) is 3. The van der Waals surface area contributed by atoms with Gasteiger partial charge in [-0.1, -0.05) is 60.1 Å². The number of carbonyl (C=O) groups excluding carboxylic acids is 1. The van der Waals surface area contributed by atoms with Crippen LogP contribution in [-0.2, 0) is 6.54 Å². The molecular formula is C23H18ClN3O3. The third kappa shape index (κ3) is 4.04. The molecule has 0 spiro atoms. The summed E-state index contributed by atoms with van der Waals surface area (Å²) < 4.78 is 7.41. The van der Waals surface area contributed by atoms with Crippen molar-refractivity contribution in [3.05, 3.63) is 89.4 Å². The minimum Gasteiger partial charge on any atom is -0.493 e. The van der Waals surface area contributed by atoms with E-state index in [0.29, 0.717) is 28.3 Å². The second-order valence-corrected chi connectivity index (χ2v) is 6.90. The Morgan fingerprint density at radius 1 is 0.967 bits per heavy atom. The lowest BCUT2D eigenvalue weighted by molar-refractivity contribution is 0.0995. The fourth-order valence-corrected chi connectivity index (χ4v) is 3.33. The van der Waals surface area contributed by atoms with E-state index in [-0.39, 0.29) is 18.2 Å². The van der Waals surface area contributed by atoms with Crippen LogP contribution in [0.25, 0.3) is 10.9 Å². The average Bonchev–Trinajstić information content (AvgIpc) is 3.05. The molecule has 3 aromatic carbocycles. The third-order valence-corrected chi connectivity index (χ3v) is 4.90. The van der Waals surface area contributed by atoms with Crippen LogP contribution in [0.2, 0.25) is 5.02 Å². The number of para-hydroxylation sites is 2. The number of fused-ring (bicyclic) bond motifs is 1. The summed E-state index contributed by atoms with van der Waals surface area (Å²) in [5, 5.41) is 19.8. The lowest BCUT2D eigenvalue weighted by Crippen LogP contribution is -2.07. The zero-order chi connectivity index (χ0) is 20.9. The Bertz CT molecular complexity index is 1220. The Morgan fingerprint density at radius 2 is 1.67 bits per heavy atom. The zero-order valence-corrected chi connectivity index (χ0v) is 16.7. The minimum absolute atomic E-state index is 0.0800. The molecule has 0 aliphatic heterocycles. The van der Waals surface area contributed by atoms with Gasteiger partial charge in [-0.25, -0.2) is 0 Å². The molecule has 7 heteroatoms. The minimum atomic E-state index is -0.478. The second kappa shape index (κ2) is 8.80. The molecule has 0 aliphatic rings. The molecular weight excluding hydrogens is 402 g/mol. The second-order valence-electron chi connectivity index (χ2n) is 6.49. The van der Waals surface area contributed by atoms with Crippen molar-refractivity contribution in [1.82, 2.24) is 4.57 Å². The molecule has 0 bridgehead atoms. The highest BCUT2D eigenvalue weighted by Gasteiger charge is 2.17.